The fraction of sp³-hybridized carbons (Fsp3) is 0.333. The highest BCUT2D eigenvalue weighted by Gasteiger charge is 2.19. The first kappa shape index (κ1) is 20.2. The summed E-state index contributed by atoms with van der Waals surface area (Å²) >= 11 is 0. The molecule has 1 atom stereocenters. The van der Waals surface area contributed by atoms with E-state index in [1.54, 1.807) is 13.2 Å². The molecule has 1 amide bonds. The molecule has 6 nitrogen and oxygen atoms in total. The Morgan fingerprint density at radius 2 is 2.00 bits per heavy atom. The van der Waals surface area contributed by atoms with E-state index in [0.29, 0.717) is 23.4 Å². The van der Waals surface area contributed by atoms with E-state index in [0.717, 1.165) is 41.6 Å². The quantitative estimate of drug-likeness (QED) is 0.689. The predicted octanol–water partition coefficient (Wildman–Crippen LogP) is 4.20. The molecule has 1 saturated heterocycles. The average molecular weight is 406 g/mol. The van der Waals surface area contributed by atoms with Crippen LogP contribution in [0.3, 0.4) is 0 Å². The topological polar surface area (TPSA) is 73.1 Å². The summed E-state index contributed by atoms with van der Waals surface area (Å²) in [6, 6.07) is 13.4. The van der Waals surface area contributed by atoms with Gasteiger partial charge in [0.15, 0.2) is 11.3 Å². The standard InChI is InChI=1S/C24H26N2O4/c1-15-10-16(2)12-18(11-15)26-24-20(23(27)25-14-19-7-5-9-29-19)13-17-6-4-8-21(28-3)22(17)30-24/h4,6,8,10-13,19H,5,7,9,14H2,1-3H3,(H,25,27)/t19-/m1/s1. The van der Waals surface area contributed by atoms with Crippen molar-refractivity contribution in [1.82, 2.24) is 5.32 Å². The number of fused-ring (bicyclic) bond motifs is 1. The molecule has 1 fully saturated rings. The normalized spacial score (nSPS) is 16.8. The second kappa shape index (κ2) is 8.71. The Morgan fingerprint density at radius 1 is 1.20 bits per heavy atom. The molecule has 2 aromatic carbocycles. The Kier molecular flexibility index (Phi) is 5.86. The number of nitrogens with one attached hydrogen (secondary N) is 1. The molecule has 4 rings (SSSR count). The minimum absolute atomic E-state index is 0.0613. The molecule has 1 N–H and O–H groups in total. The van der Waals surface area contributed by atoms with Crippen LogP contribution in [0.15, 0.2) is 51.9 Å². The van der Waals surface area contributed by atoms with Crippen LogP contribution in [0.4, 0.5) is 5.69 Å². The monoisotopic (exact) mass is 406 g/mol. The third kappa shape index (κ3) is 4.39. The minimum Gasteiger partial charge on any atom is -0.493 e. The lowest BCUT2D eigenvalue weighted by atomic mass is 10.1. The first-order chi connectivity index (χ1) is 14.5. The Hall–Kier alpha value is -3.12. The Balaban J connectivity index is 1.81. The lowest BCUT2D eigenvalue weighted by molar-refractivity contribution is 0.0854. The molecule has 0 bridgehead atoms. The van der Waals surface area contributed by atoms with Crippen molar-refractivity contribution in [1.29, 1.82) is 0 Å². The average Bonchev–Trinajstić information content (AvgIpc) is 3.24. The molecule has 0 radical (unpaired) electrons. The van der Waals surface area contributed by atoms with Gasteiger partial charge in [-0.05, 0) is 62.1 Å². The maximum atomic E-state index is 13.0. The van der Waals surface area contributed by atoms with Crippen molar-refractivity contribution in [2.45, 2.75) is 32.8 Å². The second-order valence-corrected chi connectivity index (χ2v) is 7.65. The van der Waals surface area contributed by atoms with Gasteiger partial charge in [-0.3, -0.25) is 4.79 Å². The zero-order chi connectivity index (χ0) is 21.1. The number of carbonyl (C=O) groups is 1. The summed E-state index contributed by atoms with van der Waals surface area (Å²) in [5.41, 5.74) is 4.11. The van der Waals surface area contributed by atoms with Crippen LogP contribution in [0.5, 0.6) is 5.75 Å². The van der Waals surface area contributed by atoms with E-state index in [4.69, 9.17) is 13.9 Å². The van der Waals surface area contributed by atoms with Crippen LogP contribution in [0.2, 0.25) is 0 Å². The summed E-state index contributed by atoms with van der Waals surface area (Å²) in [4.78, 5) is 17.7. The molecule has 3 aromatic rings. The van der Waals surface area contributed by atoms with Gasteiger partial charge in [0.05, 0.1) is 18.9 Å². The number of aryl methyl sites for hydroxylation is 2. The number of amides is 1. The van der Waals surface area contributed by atoms with Gasteiger partial charge in [-0.15, -0.1) is 0 Å². The maximum Gasteiger partial charge on any atom is 0.256 e. The fourth-order valence-corrected chi connectivity index (χ4v) is 3.77. The van der Waals surface area contributed by atoms with E-state index in [1.807, 2.05) is 44.2 Å². The Morgan fingerprint density at radius 3 is 2.70 bits per heavy atom. The number of benzene rings is 2. The summed E-state index contributed by atoms with van der Waals surface area (Å²) in [7, 11) is 1.59. The lowest BCUT2D eigenvalue weighted by Gasteiger charge is -2.12. The zero-order valence-electron chi connectivity index (χ0n) is 17.5. The van der Waals surface area contributed by atoms with Gasteiger partial charge in [-0.2, -0.15) is 0 Å². The zero-order valence-corrected chi connectivity index (χ0v) is 17.5. The molecular formula is C24H26N2O4. The number of rotatable bonds is 5. The molecule has 6 heteroatoms. The number of nitrogens with zero attached hydrogens (tertiary/aromatic N) is 1. The van der Waals surface area contributed by atoms with Gasteiger partial charge < -0.3 is 19.2 Å². The highest BCUT2D eigenvalue weighted by molar-refractivity contribution is 5.97. The van der Waals surface area contributed by atoms with Crippen molar-refractivity contribution < 1.29 is 18.7 Å². The first-order valence-electron chi connectivity index (χ1n) is 10.2. The molecule has 30 heavy (non-hydrogen) atoms. The summed E-state index contributed by atoms with van der Waals surface area (Å²) in [5.74, 6) is 0.359. The number of methoxy groups -OCH3 is 1. The third-order valence-corrected chi connectivity index (χ3v) is 5.15. The molecule has 156 valence electrons. The van der Waals surface area contributed by atoms with Gasteiger partial charge >= 0.3 is 0 Å². The third-order valence-electron chi connectivity index (χ3n) is 5.15. The van der Waals surface area contributed by atoms with Gasteiger partial charge in [0.25, 0.3) is 5.91 Å². The van der Waals surface area contributed by atoms with Gasteiger partial charge in [0, 0.05) is 18.5 Å². The Labute approximate surface area is 175 Å². The smallest absolute Gasteiger partial charge is 0.256 e. The van der Waals surface area contributed by atoms with E-state index < -0.39 is 0 Å². The van der Waals surface area contributed by atoms with Gasteiger partial charge in [0.1, 0.15) is 5.56 Å². The molecule has 1 aliphatic heterocycles. The number of carbonyl (C=O) groups excluding carboxylic acids is 1. The summed E-state index contributed by atoms with van der Waals surface area (Å²) in [5, 5.41) is 3.74. The fourth-order valence-electron chi connectivity index (χ4n) is 3.77. The van der Waals surface area contributed by atoms with E-state index in [2.05, 4.69) is 16.4 Å². The highest BCUT2D eigenvalue weighted by Crippen LogP contribution is 2.25. The lowest BCUT2D eigenvalue weighted by Crippen LogP contribution is -2.34. The van der Waals surface area contributed by atoms with Crippen LogP contribution in [-0.4, -0.2) is 32.3 Å². The predicted molar refractivity (Wildman–Crippen MR) is 115 cm³/mol. The van der Waals surface area contributed by atoms with Gasteiger partial charge in [0.2, 0.25) is 5.55 Å². The van der Waals surface area contributed by atoms with Crippen LogP contribution in [-0.2, 0) is 4.74 Å². The summed E-state index contributed by atoms with van der Waals surface area (Å²) in [6.07, 6.45) is 2.05. The van der Waals surface area contributed by atoms with E-state index >= 15 is 0 Å². The molecular weight excluding hydrogens is 380 g/mol. The van der Waals surface area contributed by atoms with Crippen LogP contribution >= 0.6 is 0 Å². The largest absolute Gasteiger partial charge is 0.493 e. The van der Waals surface area contributed by atoms with Crippen molar-refractivity contribution in [2.75, 3.05) is 20.3 Å². The minimum atomic E-state index is -0.234. The van der Waals surface area contributed by atoms with Crippen LogP contribution in [0.25, 0.3) is 11.0 Å². The number of ether oxygens (including phenoxy) is 2. The van der Waals surface area contributed by atoms with Crippen LogP contribution in [0.1, 0.15) is 34.3 Å². The van der Waals surface area contributed by atoms with Crippen molar-refractivity contribution in [2.24, 2.45) is 4.99 Å². The molecule has 0 saturated carbocycles. The van der Waals surface area contributed by atoms with E-state index in [9.17, 15) is 4.79 Å². The van der Waals surface area contributed by atoms with Crippen molar-refractivity contribution in [3.8, 4) is 5.75 Å². The number of para-hydroxylation sites is 1. The summed E-state index contributed by atoms with van der Waals surface area (Å²) in [6.45, 7) is 5.25. The number of hydrogen-bond acceptors (Lipinski definition) is 5. The van der Waals surface area contributed by atoms with Crippen LogP contribution < -0.4 is 15.6 Å². The summed E-state index contributed by atoms with van der Waals surface area (Å²) < 4.78 is 17.2. The van der Waals surface area contributed by atoms with Crippen LogP contribution in [0, 0.1) is 13.8 Å². The van der Waals surface area contributed by atoms with E-state index in [-0.39, 0.29) is 17.6 Å². The molecule has 1 aromatic heterocycles. The molecule has 0 unspecified atom stereocenters. The number of hydrogen-bond donors (Lipinski definition) is 1. The molecule has 2 heterocycles. The van der Waals surface area contributed by atoms with Gasteiger partial charge in [-0.25, -0.2) is 4.99 Å². The second-order valence-electron chi connectivity index (χ2n) is 7.65. The van der Waals surface area contributed by atoms with E-state index in [1.165, 1.54) is 0 Å². The highest BCUT2D eigenvalue weighted by atomic mass is 16.5. The molecule has 0 spiro atoms. The maximum absolute atomic E-state index is 13.0. The molecule has 0 aliphatic carbocycles. The van der Waals surface area contributed by atoms with Crippen molar-refractivity contribution in [3.63, 3.8) is 0 Å². The van der Waals surface area contributed by atoms with Gasteiger partial charge in [-0.1, -0.05) is 18.2 Å². The molecule has 1 aliphatic rings. The SMILES string of the molecule is COc1cccc2cc(C(=O)NC[C@H]3CCCO3)c(=Nc3cc(C)cc(C)c3)oc12. The Bertz CT molecular complexity index is 1120. The first-order valence-corrected chi connectivity index (χ1v) is 10.2. The van der Waals surface area contributed by atoms with Crippen molar-refractivity contribution >= 4 is 22.6 Å². The van der Waals surface area contributed by atoms with Crippen molar-refractivity contribution in [3.05, 3.63) is 64.7 Å².